The van der Waals surface area contributed by atoms with E-state index < -0.39 is 46.6 Å². The predicted molar refractivity (Wildman–Crippen MR) is 125 cm³/mol. The minimum absolute atomic E-state index is 0.00248. The number of ether oxygens (including phenoxy) is 1. The SMILES string of the molecule is COc1c(Cl)cc(C)cc1/C(O)=C1\C(=O)C(=O)N(c2cccc(C(F)(F)F)c2)C1c1ccccc1F. The lowest BCUT2D eigenvalue weighted by atomic mass is 9.94. The van der Waals surface area contributed by atoms with Crippen molar-refractivity contribution in [3.63, 3.8) is 0 Å². The molecule has 0 saturated carbocycles. The van der Waals surface area contributed by atoms with Gasteiger partial charge in [0.05, 0.1) is 34.9 Å². The molecule has 0 radical (unpaired) electrons. The summed E-state index contributed by atoms with van der Waals surface area (Å²) in [7, 11) is 1.28. The Morgan fingerprint density at radius 3 is 2.39 bits per heavy atom. The van der Waals surface area contributed by atoms with Crippen molar-refractivity contribution in [2.45, 2.75) is 19.1 Å². The van der Waals surface area contributed by atoms with Gasteiger partial charge < -0.3 is 9.84 Å². The number of carbonyl (C=O) groups excluding carboxylic acids is 2. The molecule has 1 aliphatic heterocycles. The second-order valence-electron chi connectivity index (χ2n) is 8.07. The van der Waals surface area contributed by atoms with Crippen molar-refractivity contribution in [1.29, 1.82) is 0 Å². The number of aliphatic hydroxyl groups excluding tert-OH is 1. The minimum atomic E-state index is -4.73. The highest BCUT2D eigenvalue weighted by Crippen LogP contribution is 2.45. The zero-order valence-corrected chi connectivity index (χ0v) is 19.6. The van der Waals surface area contributed by atoms with Gasteiger partial charge in [-0.15, -0.1) is 0 Å². The van der Waals surface area contributed by atoms with E-state index in [2.05, 4.69) is 0 Å². The molecular formula is C26H18ClF4NO4. The van der Waals surface area contributed by atoms with Gasteiger partial charge in [-0.1, -0.05) is 35.9 Å². The highest BCUT2D eigenvalue weighted by atomic mass is 35.5. The van der Waals surface area contributed by atoms with Gasteiger partial charge >= 0.3 is 6.18 Å². The van der Waals surface area contributed by atoms with Gasteiger partial charge in [0.1, 0.15) is 17.3 Å². The molecule has 1 saturated heterocycles. The smallest absolute Gasteiger partial charge is 0.416 e. The molecular weight excluding hydrogens is 502 g/mol. The molecule has 1 N–H and O–H groups in total. The minimum Gasteiger partial charge on any atom is -0.507 e. The Morgan fingerprint density at radius 1 is 1.06 bits per heavy atom. The van der Waals surface area contributed by atoms with Gasteiger partial charge in [0.25, 0.3) is 11.7 Å². The lowest BCUT2D eigenvalue weighted by molar-refractivity contribution is -0.137. The molecule has 0 aliphatic carbocycles. The van der Waals surface area contributed by atoms with Gasteiger partial charge in [-0.05, 0) is 48.9 Å². The molecule has 36 heavy (non-hydrogen) atoms. The maximum Gasteiger partial charge on any atom is 0.416 e. The largest absolute Gasteiger partial charge is 0.507 e. The molecule has 1 unspecified atom stereocenters. The van der Waals surface area contributed by atoms with Crippen LogP contribution in [-0.4, -0.2) is 23.9 Å². The first-order chi connectivity index (χ1) is 17.0. The number of hydrogen-bond donors (Lipinski definition) is 1. The van der Waals surface area contributed by atoms with E-state index in [0.717, 1.165) is 23.1 Å². The van der Waals surface area contributed by atoms with Gasteiger partial charge in [-0.3, -0.25) is 14.5 Å². The van der Waals surface area contributed by atoms with Crippen LogP contribution in [0.2, 0.25) is 5.02 Å². The highest BCUT2D eigenvalue weighted by Gasteiger charge is 2.48. The molecule has 1 aliphatic rings. The van der Waals surface area contributed by atoms with Crippen LogP contribution in [0.25, 0.3) is 5.76 Å². The lowest BCUT2D eigenvalue weighted by Crippen LogP contribution is -2.30. The van der Waals surface area contributed by atoms with E-state index in [4.69, 9.17) is 16.3 Å². The van der Waals surface area contributed by atoms with Crippen LogP contribution in [0.5, 0.6) is 5.75 Å². The molecule has 1 heterocycles. The Balaban J connectivity index is 2.03. The first-order valence-electron chi connectivity index (χ1n) is 10.5. The molecule has 1 amide bonds. The number of rotatable bonds is 4. The number of benzene rings is 3. The second-order valence-corrected chi connectivity index (χ2v) is 8.47. The first-order valence-corrected chi connectivity index (χ1v) is 10.9. The number of nitrogens with zero attached hydrogens (tertiary/aromatic N) is 1. The third-order valence-corrected chi connectivity index (χ3v) is 6.02. The average molecular weight is 520 g/mol. The fraction of sp³-hybridized carbons (Fsp3) is 0.154. The number of alkyl halides is 3. The van der Waals surface area contributed by atoms with Crippen molar-refractivity contribution >= 4 is 34.7 Å². The Labute approximate surface area is 208 Å². The highest BCUT2D eigenvalue weighted by molar-refractivity contribution is 6.51. The summed E-state index contributed by atoms with van der Waals surface area (Å²) in [5.74, 6) is -3.99. The van der Waals surface area contributed by atoms with Gasteiger partial charge in [0.15, 0.2) is 0 Å². The first kappa shape index (κ1) is 25.2. The summed E-state index contributed by atoms with van der Waals surface area (Å²) in [6.45, 7) is 1.66. The quantitative estimate of drug-likeness (QED) is 0.186. The summed E-state index contributed by atoms with van der Waals surface area (Å²) >= 11 is 6.23. The van der Waals surface area contributed by atoms with E-state index in [9.17, 15) is 32.3 Å². The number of hydrogen-bond acceptors (Lipinski definition) is 4. The predicted octanol–water partition coefficient (Wildman–Crippen LogP) is 6.44. The summed E-state index contributed by atoms with van der Waals surface area (Å²) in [5, 5.41) is 11.4. The monoisotopic (exact) mass is 519 g/mol. The van der Waals surface area contributed by atoms with Crippen LogP contribution in [0.1, 0.15) is 28.3 Å². The van der Waals surface area contributed by atoms with Crippen LogP contribution in [0, 0.1) is 12.7 Å². The van der Waals surface area contributed by atoms with E-state index in [1.54, 1.807) is 13.0 Å². The number of aliphatic hydroxyl groups is 1. The number of amides is 1. The summed E-state index contributed by atoms with van der Waals surface area (Å²) in [5.41, 5.74) is -1.55. The normalized spacial score (nSPS) is 17.5. The van der Waals surface area contributed by atoms with Crippen molar-refractivity contribution in [3.8, 4) is 5.75 Å². The molecule has 1 atom stereocenters. The molecule has 5 nitrogen and oxygen atoms in total. The fourth-order valence-electron chi connectivity index (χ4n) is 4.18. The number of aryl methyl sites for hydroxylation is 1. The maximum absolute atomic E-state index is 15.0. The third-order valence-electron chi connectivity index (χ3n) is 5.74. The lowest BCUT2D eigenvalue weighted by Gasteiger charge is -2.26. The number of ketones is 1. The summed E-state index contributed by atoms with van der Waals surface area (Å²) < 4.78 is 60.4. The van der Waals surface area contributed by atoms with Crippen LogP contribution >= 0.6 is 11.6 Å². The average Bonchev–Trinajstić information content (AvgIpc) is 3.08. The van der Waals surface area contributed by atoms with Crippen molar-refractivity contribution in [3.05, 3.63) is 99.3 Å². The Bertz CT molecular complexity index is 1420. The number of carbonyl (C=O) groups is 2. The van der Waals surface area contributed by atoms with Gasteiger partial charge in [0.2, 0.25) is 0 Å². The van der Waals surface area contributed by atoms with Crippen LogP contribution in [0.15, 0.2) is 66.2 Å². The van der Waals surface area contributed by atoms with Gasteiger partial charge in [-0.2, -0.15) is 13.2 Å². The van der Waals surface area contributed by atoms with Crippen molar-refractivity contribution in [2.24, 2.45) is 0 Å². The van der Waals surface area contributed by atoms with E-state index in [-0.39, 0.29) is 27.6 Å². The van der Waals surface area contributed by atoms with Crippen molar-refractivity contribution < 1.29 is 37.0 Å². The van der Waals surface area contributed by atoms with E-state index in [1.165, 1.54) is 37.4 Å². The number of anilines is 1. The molecule has 1 fully saturated rings. The Morgan fingerprint density at radius 2 is 1.75 bits per heavy atom. The van der Waals surface area contributed by atoms with Crippen LogP contribution in [0.4, 0.5) is 23.2 Å². The topological polar surface area (TPSA) is 66.8 Å². The summed E-state index contributed by atoms with van der Waals surface area (Å²) in [6, 6.07) is 10.3. The molecule has 0 spiro atoms. The maximum atomic E-state index is 15.0. The fourth-order valence-corrected chi connectivity index (χ4v) is 4.53. The molecule has 4 rings (SSSR count). The molecule has 10 heteroatoms. The van der Waals surface area contributed by atoms with Gasteiger partial charge in [0, 0.05) is 11.3 Å². The van der Waals surface area contributed by atoms with Crippen molar-refractivity contribution in [2.75, 3.05) is 12.0 Å². The summed E-state index contributed by atoms with van der Waals surface area (Å²) in [4.78, 5) is 27.1. The van der Waals surface area contributed by atoms with E-state index >= 15 is 0 Å². The van der Waals surface area contributed by atoms with E-state index in [1.807, 2.05) is 0 Å². The second kappa shape index (κ2) is 9.31. The van der Waals surface area contributed by atoms with Crippen LogP contribution in [0.3, 0.4) is 0 Å². The zero-order valence-electron chi connectivity index (χ0n) is 18.9. The van der Waals surface area contributed by atoms with Gasteiger partial charge in [-0.25, -0.2) is 4.39 Å². The number of Topliss-reactive ketones (excluding diaryl/α,β-unsaturated/α-hetero) is 1. The standard InChI is InChI=1S/C26H18ClF4NO4/c1-13-10-17(24(36-2)18(27)11-13)22(33)20-21(16-8-3-4-9-19(16)28)32(25(35)23(20)34)15-7-5-6-14(12-15)26(29,30)31/h3-12,21,33H,1-2H3/b22-20+. The van der Waals surface area contributed by atoms with Crippen LogP contribution in [-0.2, 0) is 15.8 Å². The number of methoxy groups -OCH3 is 1. The Hall–Kier alpha value is -3.85. The molecule has 0 aromatic heterocycles. The molecule has 3 aromatic carbocycles. The number of halogens is 5. The van der Waals surface area contributed by atoms with Crippen LogP contribution < -0.4 is 9.64 Å². The van der Waals surface area contributed by atoms with E-state index in [0.29, 0.717) is 11.6 Å². The molecule has 3 aromatic rings. The molecule has 186 valence electrons. The Kier molecular flexibility index (Phi) is 6.53. The summed E-state index contributed by atoms with van der Waals surface area (Å²) in [6.07, 6.45) is -4.73. The third kappa shape index (κ3) is 4.30. The molecule has 0 bridgehead atoms. The zero-order chi connectivity index (χ0) is 26.4. The van der Waals surface area contributed by atoms with Crippen molar-refractivity contribution in [1.82, 2.24) is 0 Å².